The molecule has 1 heterocycles. The number of hydrogen-bond acceptors (Lipinski definition) is 5. The van der Waals surface area contributed by atoms with Crippen molar-refractivity contribution in [3.8, 4) is 0 Å². The van der Waals surface area contributed by atoms with Crippen molar-refractivity contribution in [3.05, 3.63) is 29.3 Å². The average Bonchev–Trinajstić information content (AvgIpc) is 2.92. The van der Waals surface area contributed by atoms with Gasteiger partial charge in [-0.25, -0.2) is 4.79 Å². The summed E-state index contributed by atoms with van der Waals surface area (Å²) in [7, 11) is 0. The lowest BCUT2D eigenvalue weighted by Crippen LogP contribution is -2.33. The first-order valence-corrected chi connectivity index (χ1v) is 8.08. The quantitative estimate of drug-likeness (QED) is 0.627. The second kappa shape index (κ2) is 7.46. The smallest absolute Gasteiger partial charge is 0.414 e. The number of nitrogens with one attached hydrogen (secondary N) is 1. The Kier molecular flexibility index (Phi) is 5.56. The van der Waals surface area contributed by atoms with Crippen molar-refractivity contribution in [1.82, 2.24) is 5.32 Å². The minimum Gasteiger partial charge on any atom is -0.442 e. The summed E-state index contributed by atoms with van der Waals surface area (Å²) in [4.78, 5) is 48.2. The number of hydrogen-bond donors (Lipinski definition) is 1. The van der Waals surface area contributed by atoms with Crippen molar-refractivity contribution < 1.29 is 23.9 Å². The molecule has 2 atom stereocenters. The van der Waals surface area contributed by atoms with Crippen molar-refractivity contribution in [3.63, 3.8) is 0 Å². The predicted octanol–water partition coefficient (Wildman–Crippen LogP) is 1.86. The molecule has 1 fully saturated rings. The van der Waals surface area contributed by atoms with Crippen molar-refractivity contribution >= 4 is 29.3 Å². The van der Waals surface area contributed by atoms with Gasteiger partial charge in [0.1, 0.15) is 11.9 Å². The molecule has 1 unspecified atom stereocenters. The van der Waals surface area contributed by atoms with E-state index in [0.717, 1.165) is 0 Å². The molecule has 2 rings (SSSR count). The van der Waals surface area contributed by atoms with E-state index in [-0.39, 0.29) is 24.0 Å². The van der Waals surface area contributed by atoms with Crippen LogP contribution in [0.1, 0.15) is 36.7 Å². The summed E-state index contributed by atoms with van der Waals surface area (Å²) in [6, 6.07) is 5.01. The van der Waals surface area contributed by atoms with Crippen LogP contribution in [0.5, 0.6) is 0 Å². The summed E-state index contributed by atoms with van der Waals surface area (Å²) in [6.07, 6.45) is -0.915. The van der Waals surface area contributed by atoms with Gasteiger partial charge in [-0.3, -0.25) is 19.3 Å². The summed E-state index contributed by atoms with van der Waals surface area (Å²) >= 11 is 0. The summed E-state index contributed by atoms with van der Waals surface area (Å²) in [6.45, 7) is 6.71. The molecular weight excluding hydrogens is 324 g/mol. The van der Waals surface area contributed by atoms with Crippen LogP contribution in [0.15, 0.2) is 18.2 Å². The Morgan fingerprint density at radius 2 is 2.00 bits per heavy atom. The van der Waals surface area contributed by atoms with Crippen LogP contribution in [0.3, 0.4) is 0 Å². The number of Topliss-reactive ketones (excluding diaryl/α,β-unsaturated/α-hetero) is 2. The molecule has 7 heteroatoms. The Morgan fingerprint density at radius 3 is 2.56 bits per heavy atom. The third kappa shape index (κ3) is 4.23. The van der Waals surface area contributed by atoms with Gasteiger partial charge in [-0.15, -0.1) is 0 Å². The van der Waals surface area contributed by atoms with Crippen molar-refractivity contribution in [2.45, 2.75) is 33.8 Å². The molecule has 1 aromatic carbocycles. The van der Waals surface area contributed by atoms with E-state index in [9.17, 15) is 19.2 Å². The number of nitrogens with zero attached hydrogens (tertiary/aromatic N) is 1. The summed E-state index contributed by atoms with van der Waals surface area (Å²) < 4.78 is 5.23. The minimum atomic E-state index is -0.691. The Labute approximate surface area is 146 Å². The molecule has 0 aliphatic carbocycles. The van der Waals surface area contributed by atoms with E-state index in [1.165, 1.54) is 18.7 Å². The van der Waals surface area contributed by atoms with Gasteiger partial charge in [0.2, 0.25) is 5.91 Å². The molecule has 1 N–H and O–H groups in total. The Bertz CT molecular complexity index is 728. The third-order valence-corrected chi connectivity index (χ3v) is 4.24. The Hall–Kier alpha value is -2.70. The van der Waals surface area contributed by atoms with E-state index in [2.05, 4.69) is 5.32 Å². The second-order valence-electron chi connectivity index (χ2n) is 6.25. The van der Waals surface area contributed by atoms with Gasteiger partial charge in [0.15, 0.2) is 5.78 Å². The summed E-state index contributed by atoms with van der Waals surface area (Å²) in [5, 5.41) is 2.62. The number of amides is 2. The second-order valence-corrected chi connectivity index (χ2v) is 6.25. The first-order valence-electron chi connectivity index (χ1n) is 8.08. The number of ketones is 2. The molecule has 2 amide bonds. The SMILES string of the molecule is CC(=O)NC[C@H]1CN(c2ccc(C(=O)C(C)C(C)=O)c(C)c2)C(=O)O1. The lowest BCUT2D eigenvalue weighted by molar-refractivity contribution is -0.120. The highest BCUT2D eigenvalue weighted by atomic mass is 16.6. The molecular formula is C18H22N2O5. The fraction of sp³-hybridized carbons (Fsp3) is 0.444. The molecule has 25 heavy (non-hydrogen) atoms. The summed E-state index contributed by atoms with van der Waals surface area (Å²) in [5.74, 6) is -1.29. The standard InChI is InChI=1S/C18H22N2O5/c1-10-7-14(5-6-16(10)17(23)11(2)12(3)21)20-9-15(25-18(20)24)8-19-13(4)22/h5-7,11,15H,8-9H2,1-4H3,(H,19,22)/t11?,15-/m0/s1. The maximum atomic E-state index is 12.3. The molecule has 0 aromatic heterocycles. The predicted molar refractivity (Wildman–Crippen MR) is 91.7 cm³/mol. The normalized spacial score (nSPS) is 17.8. The molecule has 0 spiro atoms. The van der Waals surface area contributed by atoms with E-state index in [1.807, 2.05) is 0 Å². The fourth-order valence-electron chi connectivity index (χ4n) is 2.61. The van der Waals surface area contributed by atoms with Gasteiger partial charge in [-0.1, -0.05) is 0 Å². The molecule has 0 bridgehead atoms. The molecule has 1 aromatic rings. The van der Waals surface area contributed by atoms with Gasteiger partial charge >= 0.3 is 6.09 Å². The molecule has 0 saturated carbocycles. The highest BCUT2D eigenvalue weighted by molar-refractivity contribution is 6.10. The van der Waals surface area contributed by atoms with E-state index >= 15 is 0 Å². The number of anilines is 1. The third-order valence-electron chi connectivity index (χ3n) is 4.24. The molecule has 0 radical (unpaired) electrons. The molecule has 7 nitrogen and oxygen atoms in total. The van der Waals surface area contributed by atoms with Crippen LogP contribution in [0.2, 0.25) is 0 Å². The van der Waals surface area contributed by atoms with Gasteiger partial charge in [0.25, 0.3) is 0 Å². The number of ether oxygens (including phenoxy) is 1. The number of carbonyl (C=O) groups excluding carboxylic acids is 4. The molecule has 134 valence electrons. The summed E-state index contributed by atoms with van der Waals surface area (Å²) in [5.41, 5.74) is 1.77. The van der Waals surface area contributed by atoms with Crippen LogP contribution < -0.4 is 10.2 Å². The van der Waals surface area contributed by atoms with Crippen molar-refractivity contribution in [1.29, 1.82) is 0 Å². The Morgan fingerprint density at radius 1 is 1.32 bits per heavy atom. The lowest BCUT2D eigenvalue weighted by Gasteiger charge is -2.16. The van der Waals surface area contributed by atoms with Gasteiger partial charge in [0, 0.05) is 18.2 Å². The minimum absolute atomic E-state index is 0.183. The van der Waals surface area contributed by atoms with E-state index in [0.29, 0.717) is 23.4 Å². The van der Waals surface area contributed by atoms with Gasteiger partial charge in [0.05, 0.1) is 19.0 Å². The van der Waals surface area contributed by atoms with Crippen LogP contribution in [0.4, 0.5) is 10.5 Å². The number of aryl methyl sites for hydroxylation is 1. The molecule has 1 aliphatic rings. The van der Waals surface area contributed by atoms with Crippen molar-refractivity contribution in [2.24, 2.45) is 5.92 Å². The zero-order valence-electron chi connectivity index (χ0n) is 14.8. The number of benzene rings is 1. The van der Waals surface area contributed by atoms with Crippen LogP contribution >= 0.6 is 0 Å². The van der Waals surface area contributed by atoms with Gasteiger partial charge < -0.3 is 10.1 Å². The zero-order chi connectivity index (χ0) is 18.7. The fourth-order valence-corrected chi connectivity index (χ4v) is 2.61. The Balaban J connectivity index is 2.15. The monoisotopic (exact) mass is 346 g/mol. The average molecular weight is 346 g/mol. The van der Waals surface area contributed by atoms with E-state index < -0.39 is 18.1 Å². The van der Waals surface area contributed by atoms with Crippen LogP contribution in [0, 0.1) is 12.8 Å². The number of carbonyl (C=O) groups is 4. The molecule has 1 aliphatic heterocycles. The van der Waals surface area contributed by atoms with Crippen molar-refractivity contribution in [2.75, 3.05) is 18.0 Å². The van der Waals surface area contributed by atoms with Gasteiger partial charge in [-0.2, -0.15) is 0 Å². The lowest BCUT2D eigenvalue weighted by atomic mass is 9.93. The first-order chi connectivity index (χ1) is 11.7. The van der Waals surface area contributed by atoms with Crippen LogP contribution in [-0.4, -0.2) is 42.8 Å². The highest BCUT2D eigenvalue weighted by Gasteiger charge is 2.32. The number of rotatable bonds is 6. The topological polar surface area (TPSA) is 92.8 Å². The maximum absolute atomic E-state index is 12.3. The van der Waals surface area contributed by atoms with Crippen LogP contribution in [-0.2, 0) is 14.3 Å². The first kappa shape index (κ1) is 18.6. The van der Waals surface area contributed by atoms with Crippen LogP contribution in [0.25, 0.3) is 0 Å². The maximum Gasteiger partial charge on any atom is 0.414 e. The van der Waals surface area contributed by atoms with E-state index in [4.69, 9.17) is 4.74 Å². The highest BCUT2D eigenvalue weighted by Crippen LogP contribution is 2.25. The largest absolute Gasteiger partial charge is 0.442 e. The van der Waals surface area contributed by atoms with E-state index in [1.54, 1.807) is 32.0 Å². The zero-order valence-corrected chi connectivity index (χ0v) is 14.8. The van der Waals surface area contributed by atoms with Gasteiger partial charge in [-0.05, 0) is 44.5 Å². The molecule has 1 saturated heterocycles. The number of cyclic esters (lactones) is 1.